The van der Waals surface area contributed by atoms with Crippen LogP contribution >= 0.6 is 23.2 Å². The van der Waals surface area contributed by atoms with E-state index in [4.69, 9.17) is 27.9 Å². The molecule has 6 nitrogen and oxygen atoms in total. The number of halogens is 2. The summed E-state index contributed by atoms with van der Waals surface area (Å²) >= 11 is 12.7. The number of para-hydroxylation sites is 1. The maximum atomic E-state index is 12.6. The van der Waals surface area contributed by atoms with Crippen LogP contribution in [0.2, 0.25) is 10.0 Å². The van der Waals surface area contributed by atoms with Crippen LogP contribution in [0.15, 0.2) is 60.2 Å². The number of aryl methyl sites for hydroxylation is 3. The van der Waals surface area contributed by atoms with Crippen molar-refractivity contribution in [1.82, 2.24) is 0 Å². The molecule has 8 heteroatoms. The van der Waals surface area contributed by atoms with E-state index in [1.54, 1.807) is 12.1 Å². The average Bonchev–Trinajstić information content (AvgIpc) is 2.80. The lowest BCUT2D eigenvalue weighted by Crippen LogP contribution is -2.21. The molecule has 2 amide bonds. The van der Waals surface area contributed by atoms with E-state index in [9.17, 15) is 14.9 Å². The van der Waals surface area contributed by atoms with Crippen LogP contribution in [0.3, 0.4) is 0 Å². The molecule has 0 atom stereocenters. The molecule has 0 aliphatic rings. The predicted octanol–water partition coefficient (Wildman–Crippen LogP) is 6.48. The van der Waals surface area contributed by atoms with Gasteiger partial charge in [-0.2, -0.15) is 5.26 Å². The highest BCUT2D eigenvalue weighted by atomic mass is 35.5. The molecule has 3 aromatic carbocycles. The summed E-state index contributed by atoms with van der Waals surface area (Å²) in [4.78, 5) is 24.9. The minimum Gasteiger partial charge on any atom is -0.481 e. The molecule has 0 saturated heterocycles. The monoisotopic (exact) mass is 507 g/mol. The smallest absolute Gasteiger partial charge is 0.266 e. The van der Waals surface area contributed by atoms with E-state index in [0.29, 0.717) is 16.9 Å². The molecule has 3 rings (SSSR count). The van der Waals surface area contributed by atoms with Gasteiger partial charge >= 0.3 is 0 Å². The van der Waals surface area contributed by atoms with Gasteiger partial charge in [0, 0.05) is 11.4 Å². The molecule has 0 aliphatic heterocycles. The van der Waals surface area contributed by atoms with Gasteiger partial charge in [0.25, 0.3) is 11.8 Å². The summed E-state index contributed by atoms with van der Waals surface area (Å²) in [5.74, 6) is -0.795. The number of nitrogens with zero attached hydrogens (tertiary/aromatic N) is 1. The van der Waals surface area contributed by atoms with Crippen LogP contribution in [0.1, 0.15) is 22.3 Å². The minimum atomic E-state index is -0.558. The van der Waals surface area contributed by atoms with Gasteiger partial charge in [-0.05, 0) is 73.4 Å². The average molecular weight is 508 g/mol. The first-order chi connectivity index (χ1) is 16.7. The number of amides is 2. The van der Waals surface area contributed by atoms with E-state index >= 15 is 0 Å². The topological polar surface area (TPSA) is 91.2 Å². The maximum Gasteiger partial charge on any atom is 0.266 e. The summed E-state index contributed by atoms with van der Waals surface area (Å²) in [5, 5.41) is 15.3. The zero-order chi connectivity index (χ0) is 25.5. The van der Waals surface area contributed by atoms with Crippen LogP contribution in [0.25, 0.3) is 6.08 Å². The number of carbonyl (C=O) groups excluding carboxylic acids is 2. The summed E-state index contributed by atoms with van der Waals surface area (Å²) in [6.07, 6.45) is 1.38. The Morgan fingerprint density at radius 2 is 1.60 bits per heavy atom. The second kappa shape index (κ2) is 11.6. The second-order valence-electron chi connectivity index (χ2n) is 7.91. The number of nitrogens with one attached hydrogen (secondary N) is 2. The Morgan fingerprint density at radius 1 is 0.943 bits per heavy atom. The molecule has 3 aromatic rings. The Balaban J connectivity index is 1.71. The third-order valence-corrected chi connectivity index (χ3v) is 5.67. The van der Waals surface area contributed by atoms with Crippen LogP contribution in [-0.4, -0.2) is 18.4 Å². The second-order valence-corrected chi connectivity index (χ2v) is 8.72. The summed E-state index contributed by atoms with van der Waals surface area (Å²) < 4.78 is 5.56. The zero-order valence-electron chi connectivity index (χ0n) is 19.4. The molecular formula is C27H23Cl2N3O3. The van der Waals surface area contributed by atoms with Crippen molar-refractivity contribution < 1.29 is 14.3 Å². The molecule has 0 aromatic heterocycles. The third-order valence-electron chi connectivity index (χ3n) is 5.10. The molecule has 0 fully saturated rings. The molecule has 0 aliphatic carbocycles. The van der Waals surface area contributed by atoms with E-state index in [1.165, 1.54) is 18.2 Å². The fourth-order valence-corrected chi connectivity index (χ4v) is 3.83. The Kier molecular flexibility index (Phi) is 8.53. The number of nitriles is 1. The standard InChI is InChI=1S/C27H23Cl2N3O3/c1-16-8-9-18(3)24(10-16)31-25(33)15-35-26-21(28)12-19(13-22(26)29)11-20(14-30)27(34)32-23-7-5-4-6-17(23)2/h4-13H,15H2,1-3H3,(H,31,33)(H,32,34)/b20-11-. The van der Waals surface area contributed by atoms with Crippen molar-refractivity contribution in [3.05, 3.63) is 92.5 Å². The molecule has 2 N–H and O–H groups in total. The van der Waals surface area contributed by atoms with Crippen LogP contribution in [0, 0.1) is 32.1 Å². The SMILES string of the molecule is Cc1ccc(C)c(NC(=O)COc2c(Cl)cc(/C=C(/C#N)C(=O)Nc3ccccc3C)cc2Cl)c1. The summed E-state index contributed by atoms with van der Waals surface area (Å²) in [7, 11) is 0. The van der Waals surface area contributed by atoms with Crippen LogP contribution in [0.4, 0.5) is 11.4 Å². The molecule has 0 bridgehead atoms. The summed E-state index contributed by atoms with van der Waals surface area (Å²) in [6.45, 7) is 5.38. The van der Waals surface area contributed by atoms with E-state index in [1.807, 2.05) is 57.2 Å². The van der Waals surface area contributed by atoms with Crippen molar-refractivity contribution >= 4 is 52.5 Å². The van der Waals surface area contributed by atoms with Crippen molar-refractivity contribution in [3.8, 4) is 11.8 Å². The first kappa shape index (κ1) is 25.8. The molecule has 0 heterocycles. The number of benzene rings is 3. The molecule has 0 spiro atoms. The van der Waals surface area contributed by atoms with E-state index in [-0.39, 0.29) is 33.9 Å². The largest absolute Gasteiger partial charge is 0.481 e. The number of hydrogen-bond acceptors (Lipinski definition) is 4. The number of ether oxygens (including phenoxy) is 1. The quantitative estimate of drug-likeness (QED) is 0.282. The third kappa shape index (κ3) is 6.86. The first-order valence-corrected chi connectivity index (χ1v) is 11.4. The Labute approximate surface area is 214 Å². The number of rotatable bonds is 7. The fourth-order valence-electron chi connectivity index (χ4n) is 3.21. The molecule has 0 saturated carbocycles. The first-order valence-electron chi connectivity index (χ1n) is 10.7. The molecule has 0 radical (unpaired) electrons. The highest BCUT2D eigenvalue weighted by Gasteiger charge is 2.15. The lowest BCUT2D eigenvalue weighted by Gasteiger charge is -2.13. The van der Waals surface area contributed by atoms with Crippen LogP contribution in [-0.2, 0) is 9.59 Å². The summed E-state index contributed by atoms with van der Waals surface area (Å²) in [6, 6.07) is 17.9. The van der Waals surface area contributed by atoms with Crippen molar-refractivity contribution in [2.45, 2.75) is 20.8 Å². The van der Waals surface area contributed by atoms with Crippen molar-refractivity contribution in [2.24, 2.45) is 0 Å². The van der Waals surface area contributed by atoms with Gasteiger partial charge in [0.05, 0.1) is 10.0 Å². The van der Waals surface area contributed by atoms with Gasteiger partial charge in [0.2, 0.25) is 0 Å². The number of hydrogen-bond donors (Lipinski definition) is 2. The fraction of sp³-hybridized carbons (Fsp3) is 0.148. The number of carbonyl (C=O) groups is 2. The Bertz CT molecular complexity index is 1340. The van der Waals surface area contributed by atoms with Crippen LogP contribution in [0.5, 0.6) is 5.75 Å². The van der Waals surface area contributed by atoms with E-state index in [0.717, 1.165) is 16.7 Å². The molecular weight excluding hydrogens is 485 g/mol. The Morgan fingerprint density at radius 3 is 2.26 bits per heavy atom. The predicted molar refractivity (Wildman–Crippen MR) is 140 cm³/mol. The lowest BCUT2D eigenvalue weighted by molar-refractivity contribution is -0.118. The van der Waals surface area contributed by atoms with Crippen molar-refractivity contribution in [3.63, 3.8) is 0 Å². The van der Waals surface area contributed by atoms with Gasteiger partial charge in [-0.25, -0.2) is 0 Å². The molecule has 178 valence electrons. The number of anilines is 2. The molecule has 0 unspecified atom stereocenters. The van der Waals surface area contributed by atoms with E-state index in [2.05, 4.69) is 10.6 Å². The van der Waals surface area contributed by atoms with Gasteiger partial charge in [-0.3, -0.25) is 9.59 Å². The van der Waals surface area contributed by atoms with Gasteiger partial charge < -0.3 is 15.4 Å². The Hall–Kier alpha value is -3.79. The van der Waals surface area contributed by atoms with Gasteiger partial charge in [0.15, 0.2) is 12.4 Å². The highest BCUT2D eigenvalue weighted by molar-refractivity contribution is 6.37. The summed E-state index contributed by atoms with van der Waals surface area (Å²) in [5.41, 5.74) is 4.43. The maximum absolute atomic E-state index is 12.6. The van der Waals surface area contributed by atoms with Gasteiger partial charge in [-0.15, -0.1) is 0 Å². The molecule has 35 heavy (non-hydrogen) atoms. The van der Waals surface area contributed by atoms with Crippen molar-refractivity contribution in [2.75, 3.05) is 17.2 Å². The van der Waals surface area contributed by atoms with Gasteiger partial charge in [-0.1, -0.05) is 53.5 Å². The van der Waals surface area contributed by atoms with E-state index < -0.39 is 5.91 Å². The highest BCUT2D eigenvalue weighted by Crippen LogP contribution is 2.35. The minimum absolute atomic E-state index is 0.123. The van der Waals surface area contributed by atoms with Crippen molar-refractivity contribution in [1.29, 1.82) is 5.26 Å². The van der Waals surface area contributed by atoms with Gasteiger partial charge in [0.1, 0.15) is 11.6 Å². The lowest BCUT2D eigenvalue weighted by atomic mass is 10.1. The van der Waals surface area contributed by atoms with Crippen LogP contribution < -0.4 is 15.4 Å². The zero-order valence-corrected chi connectivity index (χ0v) is 20.9. The normalized spacial score (nSPS) is 10.9.